The monoisotopic (exact) mass is 307 g/mol. The number of aromatic nitrogens is 2. The Hall–Kier alpha value is -2.02. The van der Waals surface area contributed by atoms with Crippen LogP contribution in [0, 0.1) is 0 Å². The van der Waals surface area contributed by atoms with Gasteiger partial charge < -0.3 is 0 Å². The van der Waals surface area contributed by atoms with E-state index in [-0.39, 0.29) is 5.92 Å². The van der Waals surface area contributed by atoms with Crippen molar-refractivity contribution in [3.05, 3.63) is 36.2 Å². The molecule has 1 aromatic heterocycles. The number of nitrogen functional groups attached to an aromatic ring is 1. The Balaban J connectivity index is 2.39. The first-order chi connectivity index (χ1) is 9.89. The molecule has 7 heteroatoms. The van der Waals surface area contributed by atoms with E-state index in [9.17, 15) is 8.42 Å². The quantitative estimate of drug-likeness (QED) is 0.671. The Morgan fingerprint density at radius 1 is 1.29 bits per heavy atom. The summed E-state index contributed by atoms with van der Waals surface area (Å²) in [6.07, 6.45) is 1.62. The number of hydrogen-bond donors (Lipinski definition) is 1. The number of fused-ring (bicyclic) bond motifs is 2. The molecule has 21 heavy (non-hydrogen) atoms. The first kappa shape index (κ1) is 13.9. The number of para-hydroxylation sites is 1. The van der Waals surface area contributed by atoms with E-state index in [1.807, 2.05) is 37.8 Å². The molecule has 0 amide bonds. The summed E-state index contributed by atoms with van der Waals surface area (Å²) < 4.78 is 28.4. The van der Waals surface area contributed by atoms with Gasteiger partial charge in [-0.1, -0.05) is 26.0 Å². The van der Waals surface area contributed by atoms with Gasteiger partial charge in [0.15, 0.2) is 0 Å². The third-order valence-electron chi connectivity index (χ3n) is 3.78. The predicted molar refractivity (Wildman–Crippen MR) is 80.6 cm³/mol. The fourth-order valence-corrected chi connectivity index (χ4v) is 4.29. The molecular formula is C14H19N4O2S+. The third-order valence-corrected chi connectivity index (χ3v) is 5.47. The van der Waals surface area contributed by atoms with Crippen LogP contribution in [0.1, 0.15) is 32.4 Å². The fraction of sp³-hybridized carbons (Fsp3) is 0.357. The van der Waals surface area contributed by atoms with Crippen molar-refractivity contribution < 1.29 is 13.1 Å². The highest BCUT2D eigenvalue weighted by atomic mass is 32.2. The number of benzene rings is 1. The molecule has 2 N–H and O–H groups in total. The lowest BCUT2D eigenvalue weighted by atomic mass is 10.2. The highest BCUT2D eigenvalue weighted by Gasteiger charge is 2.43. The highest BCUT2D eigenvalue weighted by Crippen LogP contribution is 2.37. The molecule has 0 atom stereocenters. The van der Waals surface area contributed by atoms with Gasteiger partial charge in [-0.15, -0.1) is 8.65 Å². The minimum Gasteiger partial charge on any atom is -0.289 e. The zero-order chi connectivity index (χ0) is 15.4. The SMILES string of the molecule is CCN1c2ccccc2S(=O)(=O)n2cc(C(C)C)[n+](N)c21. The molecule has 3 rings (SSSR count). The summed E-state index contributed by atoms with van der Waals surface area (Å²) in [5.74, 6) is 6.76. The van der Waals surface area contributed by atoms with Crippen LogP contribution in [-0.2, 0) is 10.0 Å². The second kappa shape index (κ2) is 4.49. The minimum atomic E-state index is -3.61. The Bertz CT molecular complexity index is 808. The summed E-state index contributed by atoms with van der Waals surface area (Å²) in [4.78, 5) is 2.23. The molecule has 2 aromatic rings. The summed E-state index contributed by atoms with van der Waals surface area (Å²) in [5, 5.41) is 0. The average molecular weight is 307 g/mol. The maximum absolute atomic E-state index is 12.8. The molecule has 2 heterocycles. The van der Waals surface area contributed by atoms with Crippen LogP contribution in [0.2, 0.25) is 0 Å². The largest absolute Gasteiger partial charge is 0.402 e. The van der Waals surface area contributed by atoms with Crippen LogP contribution >= 0.6 is 0 Å². The maximum Gasteiger partial charge on any atom is 0.402 e. The van der Waals surface area contributed by atoms with Gasteiger partial charge in [-0.2, -0.15) is 8.42 Å². The lowest BCUT2D eigenvalue weighted by molar-refractivity contribution is -0.633. The normalized spacial score (nSPS) is 15.9. The lowest BCUT2D eigenvalue weighted by Crippen LogP contribution is -2.52. The van der Waals surface area contributed by atoms with Gasteiger partial charge >= 0.3 is 16.0 Å². The number of nitrogens with zero attached hydrogens (tertiary/aromatic N) is 3. The second-order valence-electron chi connectivity index (χ2n) is 5.39. The summed E-state index contributed by atoms with van der Waals surface area (Å²) in [6, 6.07) is 7.01. The third kappa shape index (κ3) is 1.77. The average Bonchev–Trinajstić information content (AvgIpc) is 2.79. The van der Waals surface area contributed by atoms with Gasteiger partial charge in [-0.05, 0) is 19.1 Å². The minimum absolute atomic E-state index is 0.130. The van der Waals surface area contributed by atoms with Crippen LogP contribution in [0.5, 0.6) is 0 Å². The fourth-order valence-electron chi connectivity index (χ4n) is 2.74. The number of nitrogens with two attached hydrogens (primary N) is 1. The van der Waals surface area contributed by atoms with E-state index < -0.39 is 10.0 Å². The van der Waals surface area contributed by atoms with Gasteiger partial charge in [0.2, 0.25) is 0 Å². The van der Waals surface area contributed by atoms with Crippen molar-refractivity contribution in [2.45, 2.75) is 31.6 Å². The summed E-state index contributed by atoms with van der Waals surface area (Å²) in [6.45, 7) is 6.58. The zero-order valence-electron chi connectivity index (χ0n) is 12.3. The van der Waals surface area contributed by atoms with Gasteiger partial charge in [0.25, 0.3) is 0 Å². The number of anilines is 2. The van der Waals surface area contributed by atoms with Crippen LogP contribution in [0.25, 0.3) is 0 Å². The van der Waals surface area contributed by atoms with Gasteiger partial charge in [-0.25, -0.2) is 4.90 Å². The predicted octanol–water partition coefficient (Wildman–Crippen LogP) is 1.32. The van der Waals surface area contributed by atoms with Crippen LogP contribution in [-0.4, -0.2) is 18.9 Å². The van der Waals surface area contributed by atoms with Gasteiger partial charge in [-0.3, -0.25) is 5.84 Å². The first-order valence-electron chi connectivity index (χ1n) is 6.94. The lowest BCUT2D eigenvalue weighted by Gasteiger charge is -2.23. The molecule has 0 aliphatic carbocycles. The van der Waals surface area contributed by atoms with Crippen LogP contribution < -0.4 is 15.4 Å². The smallest absolute Gasteiger partial charge is 0.289 e. The molecule has 1 aliphatic rings. The number of imidazole rings is 1. The Morgan fingerprint density at radius 3 is 2.57 bits per heavy atom. The van der Waals surface area contributed by atoms with E-state index in [0.29, 0.717) is 23.1 Å². The van der Waals surface area contributed by atoms with Crippen molar-refractivity contribution in [2.24, 2.45) is 0 Å². The Kier molecular flexibility index (Phi) is 2.98. The standard InChI is InChI=1S/C14H19N4O2S/c1-4-16-11-7-5-6-8-13(11)21(19,20)17-9-12(10(2)3)18(15)14(16)17/h5-10H,4,15H2,1-3H3/q+1. The molecule has 1 aromatic carbocycles. The molecule has 0 fully saturated rings. The van der Waals surface area contributed by atoms with Crippen molar-refractivity contribution in [1.82, 2.24) is 3.97 Å². The van der Waals surface area contributed by atoms with Crippen molar-refractivity contribution in [3.8, 4) is 0 Å². The van der Waals surface area contributed by atoms with E-state index in [1.54, 1.807) is 18.3 Å². The van der Waals surface area contributed by atoms with Gasteiger partial charge in [0.1, 0.15) is 22.5 Å². The van der Waals surface area contributed by atoms with Crippen molar-refractivity contribution in [1.29, 1.82) is 0 Å². The molecule has 0 saturated heterocycles. The molecular weight excluding hydrogens is 288 g/mol. The summed E-state index contributed by atoms with van der Waals surface area (Å²) >= 11 is 0. The molecule has 6 nitrogen and oxygen atoms in total. The molecule has 0 saturated carbocycles. The molecule has 0 radical (unpaired) electrons. The molecule has 0 unspecified atom stereocenters. The van der Waals surface area contributed by atoms with E-state index in [0.717, 1.165) is 5.69 Å². The molecule has 0 bridgehead atoms. The number of rotatable bonds is 2. The Labute approximate surface area is 124 Å². The molecule has 0 spiro atoms. The summed E-state index contributed by atoms with van der Waals surface area (Å²) in [7, 11) is -3.61. The van der Waals surface area contributed by atoms with Gasteiger partial charge in [0.05, 0.1) is 6.54 Å². The van der Waals surface area contributed by atoms with Crippen LogP contribution in [0.4, 0.5) is 11.6 Å². The maximum atomic E-state index is 12.8. The van der Waals surface area contributed by atoms with E-state index >= 15 is 0 Å². The second-order valence-corrected chi connectivity index (χ2v) is 7.17. The Morgan fingerprint density at radius 2 is 1.95 bits per heavy atom. The van der Waals surface area contributed by atoms with Crippen LogP contribution in [0.15, 0.2) is 35.4 Å². The van der Waals surface area contributed by atoms with Crippen LogP contribution in [0.3, 0.4) is 0 Å². The van der Waals surface area contributed by atoms with Crippen molar-refractivity contribution in [3.63, 3.8) is 0 Å². The first-order valence-corrected chi connectivity index (χ1v) is 8.38. The van der Waals surface area contributed by atoms with Crippen molar-refractivity contribution >= 4 is 21.7 Å². The van der Waals surface area contributed by atoms with Crippen molar-refractivity contribution in [2.75, 3.05) is 17.3 Å². The van der Waals surface area contributed by atoms with E-state index in [1.165, 1.54) is 8.65 Å². The van der Waals surface area contributed by atoms with E-state index in [2.05, 4.69) is 0 Å². The number of hydrogen-bond acceptors (Lipinski definition) is 4. The zero-order valence-corrected chi connectivity index (χ0v) is 13.1. The van der Waals surface area contributed by atoms with E-state index in [4.69, 9.17) is 5.84 Å². The van der Waals surface area contributed by atoms with Gasteiger partial charge in [0, 0.05) is 5.92 Å². The topological polar surface area (TPSA) is 72.2 Å². The highest BCUT2D eigenvalue weighted by molar-refractivity contribution is 7.90. The summed E-state index contributed by atoms with van der Waals surface area (Å²) in [5.41, 5.74) is 1.44. The molecule has 1 aliphatic heterocycles. The molecule has 112 valence electrons.